The quantitative estimate of drug-likeness (QED) is 0.202. The van der Waals surface area contributed by atoms with Crippen LogP contribution in [0.2, 0.25) is 0 Å². The number of para-hydroxylation sites is 2. The lowest BCUT2D eigenvalue weighted by molar-refractivity contribution is -0.140. The van der Waals surface area contributed by atoms with E-state index >= 15 is 4.39 Å². The number of methoxy groups -OCH3 is 2. The van der Waals surface area contributed by atoms with Crippen LogP contribution in [0, 0.1) is 5.82 Å². The molecule has 0 saturated carbocycles. The summed E-state index contributed by atoms with van der Waals surface area (Å²) >= 11 is 0. The lowest BCUT2D eigenvalue weighted by Gasteiger charge is -2.34. The van der Waals surface area contributed by atoms with E-state index in [2.05, 4.69) is 5.32 Å². The second-order valence-corrected chi connectivity index (χ2v) is 12.7. The zero-order chi connectivity index (χ0) is 33.3. The zero-order valence-electron chi connectivity index (χ0n) is 26.2. The molecule has 0 aliphatic carbocycles. The van der Waals surface area contributed by atoms with Gasteiger partial charge in [0.2, 0.25) is 11.8 Å². The third kappa shape index (κ3) is 8.22. The zero-order valence-corrected chi connectivity index (χ0v) is 27.0. The second kappa shape index (κ2) is 15.4. The van der Waals surface area contributed by atoms with E-state index < -0.39 is 40.2 Å². The van der Waals surface area contributed by atoms with Crippen LogP contribution in [-0.4, -0.2) is 58.0 Å². The minimum atomic E-state index is -4.37. The molecule has 11 heteroatoms. The molecule has 0 aromatic heterocycles. The summed E-state index contributed by atoms with van der Waals surface area (Å²) in [6.07, 6.45) is 0.111. The van der Waals surface area contributed by atoms with Crippen LogP contribution in [0.5, 0.6) is 11.5 Å². The molecular formula is C35H38FN3O6S. The molecule has 4 aromatic carbocycles. The highest BCUT2D eigenvalue weighted by molar-refractivity contribution is 7.92. The van der Waals surface area contributed by atoms with Crippen LogP contribution in [-0.2, 0) is 32.6 Å². The summed E-state index contributed by atoms with van der Waals surface area (Å²) in [7, 11) is -1.50. The van der Waals surface area contributed by atoms with Crippen molar-refractivity contribution >= 4 is 27.5 Å². The van der Waals surface area contributed by atoms with Crippen LogP contribution < -0.4 is 19.1 Å². The highest BCUT2D eigenvalue weighted by atomic mass is 32.2. The van der Waals surface area contributed by atoms with Crippen molar-refractivity contribution in [3.8, 4) is 11.5 Å². The smallest absolute Gasteiger partial charge is 0.264 e. The molecule has 0 fully saturated rings. The molecule has 0 aliphatic rings. The SMILES string of the molecule is COc1ccc(S(=O)(=O)N(CC(=O)N(Cc2ccccc2F)[C@H](Cc2ccccc2)C(=O)NC(C)C)c2ccccc2OC)cc1. The van der Waals surface area contributed by atoms with Gasteiger partial charge in [-0.2, -0.15) is 0 Å². The number of hydrogen-bond donors (Lipinski definition) is 1. The Hall–Kier alpha value is -4.90. The average molecular weight is 648 g/mol. The van der Waals surface area contributed by atoms with E-state index in [-0.39, 0.29) is 40.9 Å². The third-order valence-corrected chi connectivity index (χ3v) is 9.05. The first kappa shape index (κ1) is 34.0. The van der Waals surface area contributed by atoms with Gasteiger partial charge in [0.25, 0.3) is 10.0 Å². The lowest BCUT2D eigenvalue weighted by atomic mass is 10.0. The number of ether oxygens (including phenoxy) is 2. The van der Waals surface area contributed by atoms with Gasteiger partial charge in [0.15, 0.2) is 0 Å². The highest BCUT2D eigenvalue weighted by Crippen LogP contribution is 2.33. The Balaban J connectivity index is 1.84. The number of benzene rings is 4. The summed E-state index contributed by atoms with van der Waals surface area (Å²) in [4.78, 5) is 29.4. The number of nitrogens with one attached hydrogen (secondary N) is 1. The van der Waals surface area contributed by atoms with Crippen molar-refractivity contribution in [3.63, 3.8) is 0 Å². The number of rotatable bonds is 14. The Kier molecular flexibility index (Phi) is 11.4. The third-order valence-electron chi connectivity index (χ3n) is 7.28. The molecule has 4 rings (SSSR count). The normalized spacial score (nSPS) is 11.9. The van der Waals surface area contributed by atoms with Crippen molar-refractivity contribution in [2.24, 2.45) is 0 Å². The van der Waals surface area contributed by atoms with Gasteiger partial charge in [0.05, 0.1) is 24.8 Å². The molecule has 242 valence electrons. The fourth-order valence-electron chi connectivity index (χ4n) is 4.97. The first-order valence-electron chi connectivity index (χ1n) is 14.7. The van der Waals surface area contributed by atoms with Crippen molar-refractivity contribution in [1.82, 2.24) is 10.2 Å². The van der Waals surface area contributed by atoms with Crippen LogP contribution in [0.3, 0.4) is 0 Å². The van der Waals surface area contributed by atoms with E-state index in [1.54, 1.807) is 38.1 Å². The second-order valence-electron chi connectivity index (χ2n) is 10.8. The molecule has 0 aliphatic heterocycles. The van der Waals surface area contributed by atoms with Gasteiger partial charge < -0.3 is 19.7 Å². The van der Waals surface area contributed by atoms with Crippen LogP contribution >= 0.6 is 0 Å². The topological polar surface area (TPSA) is 105 Å². The van der Waals surface area contributed by atoms with Gasteiger partial charge in [-0.05, 0) is 61.9 Å². The lowest BCUT2D eigenvalue weighted by Crippen LogP contribution is -2.54. The average Bonchev–Trinajstić information content (AvgIpc) is 3.06. The Morgan fingerprint density at radius 2 is 1.46 bits per heavy atom. The molecule has 0 unspecified atom stereocenters. The maximum Gasteiger partial charge on any atom is 0.264 e. The van der Waals surface area contributed by atoms with Crippen LogP contribution in [0.4, 0.5) is 10.1 Å². The number of carbonyl (C=O) groups is 2. The van der Waals surface area contributed by atoms with Crippen LogP contribution in [0.1, 0.15) is 25.0 Å². The number of sulfonamides is 1. The molecule has 2 amide bonds. The maximum absolute atomic E-state index is 15.0. The summed E-state index contributed by atoms with van der Waals surface area (Å²) in [5.41, 5.74) is 1.06. The standard InChI is InChI=1S/C35H38FN3O6S/c1-25(2)37-35(41)32(22-26-12-6-5-7-13-26)38(23-27-14-8-9-15-30(27)36)34(40)24-39(31-16-10-11-17-33(31)45-4)46(42,43)29-20-18-28(44-3)19-21-29/h5-21,25,32H,22-24H2,1-4H3,(H,37,41)/t32-/m1/s1. The molecule has 46 heavy (non-hydrogen) atoms. The summed E-state index contributed by atoms with van der Waals surface area (Å²) < 4.78 is 55.1. The molecule has 0 bridgehead atoms. The van der Waals surface area contributed by atoms with Crippen molar-refractivity contribution < 1.29 is 31.9 Å². The minimum absolute atomic E-state index is 0.0916. The molecule has 1 atom stereocenters. The molecule has 0 radical (unpaired) electrons. The highest BCUT2D eigenvalue weighted by Gasteiger charge is 2.36. The molecular weight excluding hydrogens is 609 g/mol. The molecule has 0 heterocycles. The van der Waals surface area contributed by atoms with E-state index in [0.717, 1.165) is 9.87 Å². The van der Waals surface area contributed by atoms with E-state index in [0.29, 0.717) is 5.75 Å². The maximum atomic E-state index is 15.0. The van der Waals surface area contributed by atoms with Crippen molar-refractivity contribution in [3.05, 3.63) is 120 Å². The van der Waals surface area contributed by atoms with Gasteiger partial charge in [-0.3, -0.25) is 13.9 Å². The number of anilines is 1. The van der Waals surface area contributed by atoms with Gasteiger partial charge in [-0.15, -0.1) is 0 Å². The van der Waals surface area contributed by atoms with E-state index in [1.807, 2.05) is 30.3 Å². The van der Waals surface area contributed by atoms with E-state index in [9.17, 15) is 18.0 Å². The fraction of sp³-hybridized carbons (Fsp3) is 0.257. The van der Waals surface area contributed by atoms with Crippen LogP contribution in [0.15, 0.2) is 108 Å². The minimum Gasteiger partial charge on any atom is -0.497 e. The van der Waals surface area contributed by atoms with Crippen molar-refractivity contribution in [2.75, 3.05) is 25.1 Å². The Labute approximate surface area is 269 Å². The van der Waals surface area contributed by atoms with Gasteiger partial charge in [0, 0.05) is 24.6 Å². The summed E-state index contributed by atoms with van der Waals surface area (Å²) in [6.45, 7) is 2.61. The molecule has 0 spiro atoms. The van der Waals surface area contributed by atoms with Gasteiger partial charge in [-0.25, -0.2) is 12.8 Å². The monoisotopic (exact) mass is 647 g/mol. The van der Waals surface area contributed by atoms with Gasteiger partial charge in [-0.1, -0.05) is 60.7 Å². The molecule has 4 aromatic rings. The summed E-state index contributed by atoms with van der Waals surface area (Å²) in [5, 5.41) is 2.88. The fourth-order valence-corrected chi connectivity index (χ4v) is 6.39. The number of hydrogen-bond acceptors (Lipinski definition) is 6. The first-order valence-corrected chi connectivity index (χ1v) is 16.2. The molecule has 9 nitrogen and oxygen atoms in total. The van der Waals surface area contributed by atoms with Crippen molar-refractivity contribution in [2.45, 2.75) is 43.8 Å². The Morgan fingerprint density at radius 1 is 0.826 bits per heavy atom. The predicted octanol–water partition coefficient (Wildman–Crippen LogP) is 5.20. The van der Waals surface area contributed by atoms with Gasteiger partial charge in [0.1, 0.15) is 29.9 Å². The number of amides is 2. The molecule has 0 saturated heterocycles. The Morgan fingerprint density at radius 3 is 2.09 bits per heavy atom. The first-order chi connectivity index (χ1) is 22.0. The Bertz CT molecular complexity index is 1730. The van der Waals surface area contributed by atoms with Crippen LogP contribution in [0.25, 0.3) is 0 Å². The predicted molar refractivity (Wildman–Crippen MR) is 175 cm³/mol. The van der Waals surface area contributed by atoms with Gasteiger partial charge >= 0.3 is 0 Å². The van der Waals surface area contributed by atoms with E-state index in [1.165, 1.54) is 67.7 Å². The summed E-state index contributed by atoms with van der Waals surface area (Å²) in [5.74, 6) is -1.06. The number of halogens is 1. The number of nitrogens with zero attached hydrogens (tertiary/aromatic N) is 2. The molecule has 1 N–H and O–H groups in total. The van der Waals surface area contributed by atoms with E-state index in [4.69, 9.17) is 9.47 Å². The number of carbonyl (C=O) groups excluding carboxylic acids is 2. The summed E-state index contributed by atoms with van der Waals surface area (Å²) in [6, 6.07) is 26.0. The largest absolute Gasteiger partial charge is 0.497 e. The van der Waals surface area contributed by atoms with Crippen molar-refractivity contribution in [1.29, 1.82) is 0 Å².